The molecule has 0 radical (unpaired) electrons. The minimum absolute atomic E-state index is 0.128. The highest BCUT2D eigenvalue weighted by Crippen LogP contribution is 2.31. The second kappa shape index (κ2) is 5.89. The second-order valence-corrected chi connectivity index (χ2v) is 6.65. The third kappa shape index (κ3) is 2.86. The van der Waals surface area contributed by atoms with Crippen LogP contribution in [0.3, 0.4) is 0 Å². The zero-order chi connectivity index (χ0) is 17.6. The number of aryl methyl sites for hydroxylation is 3. The van der Waals surface area contributed by atoms with Gasteiger partial charge in [-0.1, -0.05) is 6.92 Å². The molecular weight excluding hydrogens is 308 g/mol. The Kier molecular flexibility index (Phi) is 4.03. The second-order valence-electron chi connectivity index (χ2n) is 6.65. The molecule has 2 aromatic heterocycles. The molecule has 1 amide bonds. The molecular formula is C17H22N4O3. The molecule has 0 saturated heterocycles. The van der Waals surface area contributed by atoms with Crippen molar-refractivity contribution in [3.8, 4) is 0 Å². The fraction of sp³-hybridized carbons (Fsp3) is 0.529. The number of hydrogen-bond donors (Lipinski definition) is 1. The fourth-order valence-corrected chi connectivity index (χ4v) is 3.05. The van der Waals surface area contributed by atoms with E-state index in [4.69, 9.17) is 0 Å². The number of nitrogens with zero attached hydrogens (tertiary/aromatic N) is 4. The van der Waals surface area contributed by atoms with E-state index >= 15 is 0 Å². The van der Waals surface area contributed by atoms with Crippen LogP contribution in [0.15, 0.2) is 6.07 Å². The smallest absolute Gasteiger partial charge is 0.308 e. The van der Waals surface area contributed by atoms with E-state index in [-0.39, 0.29) is 18.5 Å². The normalized spacial score (nSPS) is 15.5. The number of aliphatic carboxylic acids is 1. The zero-order valence-electron chi connectivity index (χ0n) is 14.4. The van der Waals surface area contributed by atoms with Crippen LogP contribution in [0.25, 0.3) is 11.0 Å². The first-order valence-electron chi connectivity index (χ1n) is 8.14. The molecule has 1 unspecified atom stereocenters. The van der Waals surface area contributed by atoms with Gasteiger partial charge in [-0.05, 0) is 32.8 Å². The summed E-state index contributed by atoms with van der Waals surface area (Å²) in [6, 6.07) is 1.92. The molecule has 1 aliphatic carbocycles. The van der Waals surface area contributed by atoms with Crippen LogP contribution in [0.4, 0.5) is 0 Å². The summed E-state index contributed by atoms with van der Waals surface area (Å²) in [5.41, 5.74) is 2.74. The average Bonchev–Trinajstić information content (AvgIpc) is 3.30. The van der Waals surface area contributed by atoms with Gasteiger partial charge >= 0.3 is 5.97 Å². The van der Waals surface area contributed by atoms with Gasteiger partial charge in [-0.25, -0.2) is 4.98 Å². The van der Waals surface area contributed by atoms with Crippen molar-refractivity contribution < 1.29 is 14.7 Å². The van der Waals surface area contributed by atoms with E-state index in [0.717, 1.165) is 29.6 Å². The molecule has 0 aliphatic heterocycles. The number of carbonyl (C=O) groups excluding carboxylic acids is 1. The van der Waals surface area contributed by atoms with E-state index in [2.05, 4.69) is 10.1 Å². The first-order chi connectivity index (χ1) is 11.3. The van der Waals surface area contributed by atoms with Crippen LogP contribution in [-0.4, -0.2) is 49.2 Å². The van der Waals surface area contributed by atoms with Crippen molar-refractivity contribution in [1.82, 2.24) is 19.7 Å². The lowest BCUT2D eigenvalue weighted by Gasteiger charge is -2.25. The van der Waals surface area contributed by atoms with Crippen LogP contribution < -0.4 is 0 Å². The molecule has 7 nitrogen and oxygen atoms in total. The van der Waals surface area contributed by atoms with E-state index in [1.807, 2.05) is 13.8 Å². The molecule has 24 heavy (non-hydrogen) atoms. The predicted molar refractivity (Wildman–Crippen MR) is 88.8 cm³/mol. The van der Waals surface area contributed by atoms with E-state index in [1.165, 1.54) is 0 Å². The molecule has 1 fully saturated rings. The van der Waals surface area contributed by atoms with Crippen LogP contribution in [0, 0.1) is 19.8 Å². The Morgan fingerprint density at radius 1 is 1.42 bits per heavy atom. The largest absolute Gasteiger partial charge is 0.481 e. The summed E-state index contributed by atoms with van der Waals surface area (Å²) >= 11 is 0. The number of amides is 1. The molecule has 2 heterocycles. The Morgan fingerprint density at radius 2 is 2.08 bits per heavy atom. The third-order valence-electron chi connectivity index (χ3n) is 4.47. The Bertz CT molecular complexity index is 823. The molecule has 0 aromatic carbocycles. The molecule has 1 aliphatic rings. The SMILES string of the molecule is Cc1cc(C(=O)N(CC(C)C(=O)O)C2CC2)c2c(C)nn(C)c2n1. The minimum atomic E-state index is -0.887. The van der Waals surface area contributed by atoms with Crippen LogP contribution in [0.1, 0.15) is 41.5 Å². The van der Waals surface area contributed by atoms with Crippen molar-refractivity contribution in [2.75, 3.05) is 6.54 Å². The van der Waals surface area contributed by atoms with Gasteiger partial charge in [0.25, 0.3) is 5.91 Å². The molecule has 128 valence electrons. The van der Waals surface area contributed by atoms with Gasteiger partial charge in [0.05, 0.1) is 22.6 Å². The zero-order valence-corrected chi connectivity index (χ0v) is 14.4. The summed E-state index contributed by atoms with van der Waals surface area (Å²) in [4.78, 5) is 30.6. The van der Waals surface area contributed by atoms with Gasteiger partial charge in [0, 0.05) is 25.3 Å². The number of pyridine rings is 1. The van der Waals surface area contributed by atoms with Gasteiger partial charge < -0.3 is 10.0 Å². The maximum absolute atomic E-state index is 13.2. The van der Waals surface area contributed by atoms with Gasteiger partial charge in [0.1, 0.15) is 0 Å². The fourth-order valence-electron chi connectivity index (χ4n) is 3.05. The van der Waals surface area contributed by atoms with Crippen molar-refractivity contribution in [2.24, 2.45) is 13.0 Å². The van der Waals surface area contributed by atoms with Crippen LogP contribution in [-0.2, 0) is 11.8 Å². The van der Waals surface area contributed by atoms with Crippen molar-refractivity contribution in [3.63, 3.8) is 0 Å². The number of carboxylic acids is 1. The van der Waals surface area contributed by atoms with Gasteiger partial charge in [0.15, 0.2) is 5.65 Å². The third-order valence-corrected chi connectivity index (χ3v) is 4.47. The maximum Gasteiger partial charge on any atom is 0.308 e. The highest BCUT2D eigenvalue weighted by atomic mass is 16.4. The minimum Gasteiger partial charge on any atom is -0.481 e. The maximum atomic E-state index is 13.2. The van der Waals surface area contributed by atoms with Crippen molar-refractivity contribution in [3.05, 3.63) is 23.0 Å². The van der Waals surface area contributed by atoms with Gasteiger partial charge in [-0.2, -0.15) is 5.10 Å². The van der Waals surface area contributed by atoms with E-state index in [9.17, 15) is 14.7 Å². The lowest BCUT2D eigenvalue weighted by molar-refractivity contribution is -0.141. The van der Waals surface area contributed by atoms with Gasteiger partial charge in [-0.15, -0.1) is 0 Å². The highest BCUT2D eigenvalue weighted by Gasteiger charge is 2.36. The first kappa shape index (κ1) is 16.4. The number of rotatable bonds is 5. The quantitative estimate of drug-likeness (QED) is 0.904. The van der Waals surface area contributed by atoms with Gasteiger partial charge in [-0.3, -0.25) is 14.3 Å². The van der Waals surface area contributed by atoms with Crippen molar-refractivity contribution in [1.29, 1.82) is 0 Å². The molecule has 1 saturated carbocycles. The van der Waals surface area contributed by atoms with E-state index in [1.54, 1.807) is 29.6 Å². The molecule has 1 atom stereocenters. The summed E-state index contributed by atoms with van der Waals surface area (Å²) in [7, 11) is 1.81. The van der Waals surface area contributed by atoms with Gasteiger partial charge in [0.2, 0.25) is 0 Å². The molecule has 7 heteroatoms. The number of carbonyl (C=O) groups is 2. The standard InChI is InChI=1S/C17H22N4O3/c1-9(17(23)24)8-21(12-5-6-12)16(22)13-7-10(2)18-15-14(13)11(3)19-20(15)4/h7,9,12H,5-6,8H2,1-4H3,(H,23,24). The Hall–Kier alpha value is -2.44. The Labute approximate surface area is 140 Å². The number of carboxylic acid groups (broad SMARTS) is 1. The highest BCUT2D eigenvalue weighted by molar-refractivity contribution is 6.06. The number of aromatic nitrogens is 3. The van der Waals surface area contributed by atoms with Crippen molar-refractivity contribution in [2.45, 2.75) is 39.7 Å². The monoisotopic (exact) mass is 330 g/mol. The average molecular weight is 330 g/mol. The summed E-state index contributed by atoms with van der Waals surface area (Å²) < 4.78 is 1.68. The summed E-state index contributed by atoms with van der Waals surface area (Å²) in [6.07, 6.45) is 1.86. The lowest BCUT2D eigenvalue weighted by atomic mass is 10.1. The summed E-state index contributed by atoms with van der Waals surface area (Å²) in [5, 5.41) is 14.3. The van der Waals surface area contributed by atoms with E-state index in [0.29, 0.717) is 11.2 Å². The molecule has 2 aromatic rings. The topological polar surface area (TPSA) is 88.3 Å². The number of fused-ring (bicyclic) bond motifs is 1. The molecule has 3 rings (SSSR count). The first-order valence-corrected chi connectivity index (χ1v) is 8.14. The number of hydrogen-bond acceptors (Lipinski definition) is 4. The van der Waals surface area contributed by atoms with Crippen molar-refractivity contribution >= 4 is 22.9 Å². The molecule has 0 spiro atoms. The summed E-state index contributed by atoms with van der Waals surface area (Å²) in [6.45, 7) is 5.56. The molecule has 1 N–H and O–H groups in total. The predicted octanol–water partition coefficient (Wildman–Crippen LogP) is 1.91. The Balaban J connectivity index is 2.04. The van der Waals surface area contributed by atoms with Crippen LogP contribution in [0.5, 0.6) is 0 Å². The van der Waals surface area contributed by atoms with Crippen LogP contribution >= 0.6 is 0 Å². The summed E-state index contributed by atoms with van der Waals surface area (Å²) in [5.74, 6) is -1.61. The molecule has 0 bridgehead atoms. The lowest BCUT2D eigenvalue weighted by Crippen LogP contribution is -2.38. The Morgan fingerprint density at radius 3 is 2.67 bits per heavy atom. The van der Waals surface area contributed by atoms with Crippen LogP contribution in [0.2, 0.25) is 0 Å². The van der Waals surface area contributed by atoms with E-state index < -0.39 is 11.9 Å².